The number of nitrogens with one attached hydrogen (secondary N) is 4. The lowest BCUT2D eigenvalue weighted by Gasteiger charge is -2.29. The Morgan fingerprint density at radius 3 is 2.72 bits per heavy atom. The molecular formula is C21H30N4O4. The van der Waals surface area contributed by atoms with E-state index in [1.807, 2.05) is 0 Å². The fourth-order valence-corrected chi connectivity index (χ4v) is 5.82. The zero-order valence-electron chi connectivity index (χ0n) is 16.5. The summed E-state index contributed by atoms with van der Waals surface area (Å²) in [6, 6.07) is -0.954. The van der Waals surface area contributed by atoms with E-state index in [-0.39, 0.29) is 42.2 Å². The number of allylic oxidation sites excluding steroid dienone is 2. The SMILES string of the molecule is O=C(N[C@@H](C[C@@H]1CCNC1=O)C(O)C(=O)NC1CC1)C1NCC2C3C=CC(C3)C12. The lowest BCUT2D eigenvalue weighted by atomic mass is 9.81. The third-order valence-electron chi connectivity index (χ3n) is 7.53. The van der Waals surface area contributed by atoms with Crippen LogP contribution in [0.1, 0.15) is 32.1 Å². The van der Waals surface area contributed by atoms with E-state index in [9.17, 15) is 19.5 Å². The monoisotopic (exact) mass is 402 g/mol. The zero-order valence-corrected chi connectivity index (χ0v) is 16.5. The van der Waals surface area contributed by atoms with Crippen molar-refractivity contribution in [2.45, 2.75) is 56.3 Å². The van der Waals surface area contributed by atoms with Crippen LogP contribution in [0.15, 0.2) is 12.2 Å². The van der Waals surface area contributed by atoms with Crippen molar-refractivity contribution in [2.75, 3.05) is 13.1 Å². The molecule has 3 aliphatic carbocycles. The Balaban J connectivity index is 1.27. The Morgan fingerprint density at radius 2 is 2.00 bits per heavy atom. The van der Waals surface area contributed by atoms with Crippen LogP contribution in [-0.2, 0) is 14.4 Å². The molecule has 3 amide bonds. The lowest BCUT2D eigenvalue weighted by molar-refractivity contribution is -0.134. The molecule has 2 heterocycles. The highest BCUT2D eigenvalue weighted by atomic mass is 16.3. The summed E-state index contributed by atoms with van der Waals surface area (Å²) in [5.74, 6) is 0.757. The Labute approximate surface area is 170 Å². The van der Waals surface area contributed by atoms with Gasteiger partial charge in [0.25, 0.3) is 5.91 Å². The number of aliphatic hydroxyl groups excluding tert-OH is 1. The maximum Gasteiger partial charge on any atom is 0.251 e. The van der Waals surface area contributed by atoms with Gasteiger partial charge < -0.3 is 26.4 Å². The topological polar surface area (TPSA) is 120 Å². The van der Waals surface area contributed by atoms with Gasteiger partial charge in [0.05, 0.1) is 12.1 Å². The standard InChI is InChI=1S/C21H30N4O4/c26-18(21(29)24-13-3-4-13)15(8-12-5-6-22-19(12)27)25-20(28)17-16-11-2-1-10(7-11)14(16)9-23-17/h1-2,10-18,23,26H,3-9H2,(H,22,27)(H,24,29)(H,25,28)/t10?,11?,12-,14?,15-,16?,17?,18?/m0/s1. The molecule has 6 unspecified atom stereocenters. The Kier molecular flexibility index (Phi) is 4.86. The first-order valence-corrected chi connectivity index (χ1v) is 11.0. The van der Waals surface area contributed by atoms with Crippen LogP contribution in [0.4, 0.5) is 0 Å². The van der Waals surface area contributed by atoms with Crippen LogP contribution in [0.25, 0.3) is 0 Å². The maximum absolute atomic E-state index is 13.2. The normalized spacial score (nSPS) is 39.1. The minimum Gasteiger partial charge on any atom is -0.381 e. The average Bonchev–Trinajstić information content (AvgIpc) is 3.11. The number of fused-ring (bicyclic) bond motifs is 5. The van der Waals surface area contributed by atoms with Crippen molar-refractivity contribution in [3.8, 4) is 0 Å². The molecule has 5 N–H and O–H groups in total. The van der Waals surface area contributed by atoms with Crippen LogP contribution >= 0.6 is 0 Å². The highest BCUT2D eigenvalue weighted by molar-refractivity contribution is 5.86. The van der Waals surface area contributed by atoms with Gasteiger partial charge in [0.15, 0.2) is 6.10 Å². The number of hydrogen-bond acceptors (Lipinski definition) is 5. The highest BCUT2D eigenvalue weighted by Crippen LogP contribution is 2.51. The molecule has 4 fully saturated rings. The predicted octanol–water partition coefficient (Wildman–Crippen LogP) is -0.953. The average molecular weight is 402 g/mol. The van der Waals surface area contributed by atoms with E-state index in [4.69, 9.17) is 0 Å². The summed E-state index contributed by atoms with van der Waals surface area (Å²) in [6.07, 6.45) is 7.05. The second-order valence-electron chi connectivity index (χ2n) is 9.43. The van der Waals surface area contributed by atoms with E-state index in [1.165, 1.54) is 0 Å². The van der Waals surface area contributed by atoms with Gasteiger partial charge in [-0.05, 0) is 62.3 Å². The Bertz CT molecular complexity index is 736. The molecule has 2 saturated heterocycles. The number of carbonyl (C=O) groups excluding carboxylic acids is 3. The smallest absolute Gasteiger partial charge is 0.251 e. The van der Waals surface area contributed by atoms with Gasteiger partial charge in [-0.25, -0.2) is 0 Å². The predicted molar refractivity (Wildman–Crippen MR) is 104 cm³/mol. The van der Waals surface area contributed by atoms with Crippen molar-refractivity contribution < 1.29 is 19.5 Å². The molecule has 29 heavy (non-hydrogen) atoms. The number of carbonyl (C=O) groups is 3. The van der Waals surface area contributed by atoms with Gasteiger partial charge in [-0.1, -0.05) is 12.2 Å². The van der Waals surface area contributed by atoms with Crippen LogP contribution in [0.3, 0.4) is 0 Å². The van der Waals surface area contributed by atoms with Gasteiger partial charge in [0.1, 0.15) is 0 Å². The first kappa shape index (κ1) is 19.1. The van der Waals surface area contributed by atoms with Gasteiger partial charge in [-0.3, -0.25) is 14.4 Å². The van der Waals surface area contributed by atoms with Crippen LogP contribution in [0, 0.1) is 29.6 Å². The summed E-state index contributed by atoms with van der Waals surface area (Å²) in [7, 11) is 0. The summed E-state index contributed by atoms with van der Waals surface area (Å²) >= 11 is 0. The second-order valence-corrected chi connectivity index (χ2v) is 9.43. The van der Waals surface area contributed by atoms with E-state index in [1.54, 1.807) is 0 Å². The van der Waals surface area contributed by atoms with Crippen LogP contribution < -0.4 is 21.3 Å². The van der Waals surface area contributed by atoms with E-state index in [0.29, 0.717) is 30.7 Å². The minimum absolute atomic E-state index is 0.0728. The molecule has 158 valence electrons. The molecule has 5 aliphatic rings. The van der Waals surface area contributed by atoms with Crippen molar-refractivity contribution >= 4 is 17.7 Å². The summed E-state index contributed by atoms with van der Waals surface area (Å²) in [5.41, 5.74) is 0. The first-order valence-electron chi connectivity index (χ1n) is 11.0. The molecule has 5 rings (SSSR count). The Hall–Kier alpha value is -1.93. The molecule has 0 aromatic heterocycles. The van der Waals surface area contributed by atoms with E-state index >= 15 is 0 Å². The number of amides is 3. The van der Waals surface area contributed by atoms with E-state index < -0.39 is 18.1 Å². The molecule has 0 spiro atoms. The Morgan fingerprint density at radius 1 is 1.21 bits per heavy atom. The highest BCUT2D eigenvalue weighted by Gasteiger charge is 2.53. The molecule has 0 aromatic rings. The summed E-state index contributed by atoms with van der Waals surface area (Å²) in [5, 5.41) is 22.6. The van der Waals surface area contributed by atoms with Crippen molar-refractivity contribution in [2.24, 2.45) is 29.6 Å². The number of rotatable bonds is 7. The fourth-order valence-electron chi connectivity index (χ4n) is 5.82. The molecule has 2 saturated carbocycles. The zero-order chi connectivity index (χ0) is 20.1. The summed E-state index contributed by atoms with van der Waals surface area (Å²) < 4.78 is 0. The number of hydrogen-bond donors (Lipinski definition) is 5. The summed E-state index contributed by atoms with van der Waals surface area (Å²) in [6.45, 7) is 1.42. The van der Waals surface area contributed by atoms with Gasteiger partial charge >= 0.3 is 0 Å². The maximum atomic E-state index is 13.2. The largest absolute Gasteiger partial charge is 0.381 e. The molecule has 8 nitrogen and oxygen atoms in total. The van der Waals surface area contributed by atoms with Crippen molar-refractivity contribution in [1.82, 2.24) is 21.3 Å². The van der Waals surface area contributed by atoms with Crippen LogP contribution in [0.2, 0.25) is 0 Å². The van der Waals surface area contributed by atoms with Gasteiger partial charge in [0, 0.05) is 18.5 Å². The van der Waals surface area contributed by atoms with Crippen LogP contribution in [-0.4, -0.2) is 60.1 Å². The van der Waals surface area contributed by atoms with Gasteiger partial charge in [-0.15, -0.1) is 0 Å². The quantitative estimate of drug-likeness (QED) is 0.352. The van der Waals surface area contributed by atoms with Gasteiger partial charge in [0.2, 0.25) is 11.8 Å². The first-order chi connectivity index (χ1) is 14.0. The molecule has 0 aromatic carbocycles. The third kappa shape index (κ3) is 3.57. The molecule has 8 heteroatoms. The van der Waals surface area contributed by atoms with Crippen molar-refractivity contribution in [3.63, 3.8) is 0 Å². The minimum atomic E-state index is -1.36. The van der Waals surface area contributed by atoms with E-state index in [2.05, 4.69) is 33.4 Å². The third-order valence-corrected chi connectivity index (χ3v) is 7.53. The van der Waals surface area contributed by atoms with Gasteiger partial charge in [-0.2, -0.15) is 0 Å². The second kappa shape index (κ2) is 7.40. The van der Waals surface area contributed by atoms with E-state index in [0.717, 1.165) is 25.8 Å². The fraction of sp³-hybridized carbons (Fsp3) is 0.762. The van der Waals surface area contributed by atoms with Crippen LogP contribution in [0.5, 0.6) is 0 Å². The van der Waals surface area contributed by atoms with Crippen molar-refractivity contribution in [3.05, 3.63) is 12.2 Å². The lowest BCUT2D eigenvalue weighted by Crippen LogP contribution is -2.56. The van der Waals surface area contributed by atoms with Crippen molar-refractivity contribution in [1.29, 1.82) is 0 Å². The summed E-state index contributed by atoms with van der Waals surface area (Å²) in [4.78, 5) is 37.6. The molecule has 0 radical (unpaired) electrons. The molecule has 2 bridgehead atoms. The molecular weight excluding hydrogens is 372 g/mol. The molecule has 8 atom stereocenters. The number of aliphatic hydroxyl groups is 1. The molecule has 2 aliphatic heterocycles.